The summed E-state index contributed by atoms with van der Waals surface area (Å²) in [5.41, 5.74) is 13.6. The Hall–Kier alpha value is -9.02. The van der Waals surface area contributed by atoms with Crippen LogP contribution in [0.15, 0.2) is 127 Å². The number of hydrogen-bond acceptors (Lipinski definition) is 20. The molecular weight excluding hydrogens is 1600 g/mol. The van der Waals surface area contributed by atoms with Crippen LogP contribution in [0.3, 0.4) is 0 Å². The third kappa shape index (κ3) is 34.1. The molecule has 0 saturated carbocycles. The molecule has 0 amide bonds. The van der Waals surface area contributed by atoms with E-state index >= 15 is 0 Å². The molecule has 20 heteroatoms. The van der Waals surface area contributed by atoms with Crippen molar-refractivity contribution in [1.82, 2.24) is 0 Å². The lowest BCUT2D eigenvalue weighted by molar-refractivity contribution is -0.146. The highest BCUT2D eigenvalue weighted by molar-refractivity contribution is 5.72. The minimum absolute atomic E-state index is 0.0968. The summed E-state index contributed by atoms with van der Waals surface area (Å²) in [5, 5.41) is 45.0. The summed E-state index contributed by atoms with van der Waals surface area (Å²) in [5.74, 6) is -0.211. The van der Waals surface area contributed by atoms with E-state index in [1.807, 2.05) is 54.6 Å². The molecule has 0 saturated heterocycles. The fourth-order valence-corrected chi connectivity index (χ4v) is 15.3. The quantitative estimate of drug-likeness (QED) is 0.0120. The summed E-state index contributed by atoms with van der Waals surface area (Å²) in [6.45, 7) is 55.8. The van der Waals surface area contributed by atoms with Crippen LogP contribution in [0.2, 0.25) is 0 Å². The highest BCUT2D eigenvalue weighted by Crippen LogP contribution is 2.45. The lowest BCUT2D eigenvalue weighted by Crippen LogP contribution is -2.31. The number of benzene rings is 7. The van der Waals surface area contributed by atoms with E-state index in [0.717, 1.165) is 94.8 Å². The Morgan fingerprint density at radius 2 is 0.433 bits per heavy atom. The molecule has 20 nitrogen and oxygen atoms in total. The third-order valence-corrected chi connectivity index (χ3v) is 22.7. The van der Waals surface area contributed by atoms with Crippen molar-refractivity contribution in [1.29, 1.82) is 0 Å². The summed E-state index contributed by atoms with van der Waals surface area (Å²) in [6, 6.07) is 43.6. The topological polar surface area (TPSA) is 248 Å². The number of esters is 4. The molecule has 7 aromatic rings. The number of rotatable bonds is 47. The molecule has 0 heterocycles. The van der Waals surface area contributed by atoms with E-state index in [1.165, 1.54) is 0 Å². The molecule has 0 aliphatic heterocycles. The molecule has 7 rings (SSSR count). The van der Waals surface area contributed by atoms with Crippen molar-refractivity contribution in [3.05, 3.63) is 211 Å². The Bertz CT molecular complexity index is 4200. The Labute approximate surface area is 760 Å². The van der Waals surface area contributed by atoms with E-state index in [1.54, 1.807) is 0 Å². The first-order valence-electron chi connectivity index (χ1n) is 45.7. The standard InChI is InChI=1S/C107H154N2O18/c1-100(2,3)83-66-74(67-84(96(83)114)101(4,5)6)30-42-91(110)124-62-58-120-52-48-108(46-50-118-54-56-122-60-64-126-93(112)44-32-76-70-87(104(13,14)15)98(116)88(71-76)105(16,17)18)81-38-34-79(35-39-81)95(78-28-26-25-27-29-78)80-36-40-82(41-37-80)109(49-53-121-59-63-125-92(111)43-31-75-68-85(102(7,8)9)97(115)86(69-75)103(10,11)12)47-51-119-55-57-123-61-65-127-94(113)45-33-77-72-89(106(19,20)21)99(117)90(73-77)107(22,23)24/h25-29,34-41,66-73,95,114-117H,30-33,42-65H2,1-24H3. The van der Waals surface area contributed by atoms with Gasteiger partial charge in [0.05, 0.1) is 79.3 Å². The number of carbonyl (C=O) groups is 4. The van der Waals surface area contributed by atoms with Gasteiger partial charge < -0.3 is 77.6 Å². The number of carbonyl (C=O) groups excluding carboxylic acids is 4. The van der Waals surface area contributed by atoms with E-state index in [0.29, 0.717) is 128 Å². The number of nitrogens with zero attached hydrogens (tertiary/aromatic N) is 2. The van der Waals surface area contributed by atoms with E-state index in [-0.39, 0.29) is 152 Å². The lowest BCUT2D eigenvalue weighted by atomic mass is 9.78. The summed E-state index contributed by atoms with van der Waals surface area (Å²) >= 11 is 0. The predicted octanol–water partition coefficient (Wildman–Crippen LogP) is 20.5. The number of anilines is 2. The molecule has 0 aliphatic rings. The van der Waals surface area contributed by atoms with Gasteiger partial charge in [-0.3, -0.25) is 19.2 Å². The fourth-order valence-electron chi connectivity index (χ4n) is 15.3. The van der Waals surface area contributed by atoms with Crippen molar-refractivity contribution in [2.75, 3.05) is 142 Å². The van der Waals surface area contributed by atoms with Crippen LogP contribution in [-0.2, 0) is 136 Å². The van der Waals surface area contributed by atoms with Gasteiger partial charge in [-0.2, -0.15) is 0 Å². The second kappa shape index (κ2) is 47.5. The lowest BCUT2D eigenvalue weighted by Gasteiger charge is -2.28. The normalized spacial score (nSPS) is 12.5. The molecule has 0 atom stereocenters. The van der Waals surface area contributed by atoms with Crippen LogP contribution in [0.5, 0.6) is 23.0 Å². The SMILES string of the molecule is CC(C)(C)c1cc(CCC(=O)OCCOCCOCCN(CCOCCOC(=O)CCc2cc(C(C)(C)C)c(O)c(C(C)(C)C)c2)c2ccc(C(c3ccccc3)c3ccc(N(CCOCCOCCOC(=O)CCc4cc(C(C)(C)C)c(O)c(C(C)(C)C)c4)CCOCCOC(=O)CCc4cc(C(C)(C)C)c(O)c(C(C)(C)C)c4)cc3)cc2)cc(C(C)(C)C)c1O. The Kier molecular flexibility index (Phi) is 39.3. The van der Waals surface area contributed by atoms with Crippen molar-refractivity contribution in [3.8, 4) is 23.0 Å². The van der Waals surface area contributed by atoms with Gasteiger partial charge in [0.25, 0.3) is 0 Å². The average Bonchev–Trinajstić information content (AvgIpc) is 0.815. The molecule has 0 radical (unpaired) electrons. The van der Waals surface area contributed by atoms with Gasteiger partial charge in [-0.1, -0.05) is 269 Å². The van der Waals surface area contributed by atoms with Gasteiger partial charge in [-0.05, 0) is 177 Å². The summed E-state index contributed by atoms with van der Waals surface area (Å²) in [4.78, 5) is 56.7. The van der Waals surface area contributed by atoms with Crippen molar-refractivity contribution in [2.45, 2.75) is 267 Å². The minimum atomic E-state index is -0.324. The minimum Gasteiger partial charge on any atom is -0.507 e. The maximum atomic E-state index is 13.2. The van der Waals surface area contributed by atoms with Gasteiger partial charge in [0.1, 0.15) is 49.4 Å². The van der Waals surface area contributed by atoms with E-state index < -0.39 is 0 Å². The van der Waals surface area contributed by atoms with Gasteiger partial charge in [0.2, 0.25) is 0 Å². The van der Waals surface area contributed by atoms with E-state index in [4.69, 9.17) is 47.4 Å². The van der Waals surface area contributed by atoms with Gasteiger partial charge in [0.15, 0.2) is 0 Å². The zero-order valence-corrected chi connectivity index (χ0v) is 81.4. The molecule has 0 bridgehead atoms. The molecule has 4 N–H and O–H groups in total. The zero-order valence-electron chi connectivity index (χ0n) is 81.4. The van der Waals surface area contributed by atoms with Crippen LogP contribution >= 0.6 is 0 Å². The molecule has 0 fully saturated rings. The maximum absolute atomic E-state index is 13.2. The van der Waals surface area contributed by atoms with Crippen molar-refractivity contribution >= 4 is 35.3 Å². The molecular formula is C107H154N2O18. The average molecular weight is 1760 g/mol. The Morgan fingerprint density at radius 3 is 0.630 bits per heavy atom. The van der Waals surface area contributed by atoms with E-state index in [2.05, 4.69) is 249 Å². The molecule has 0 aromatic heterocycles. The number of hydrogen-bond donors (Lipinski definition) is 4. The van der Waals surface area contributed by atoms with E-state index in [9.17, 15) is 39.6 Å². The Balaban J connectivity index is 0.987. The number of aryl methyl sites for hydroxylation is 4. The first-order chi connectivity index (χ1) is 59.4. The summed E-state index contributed by atoms with van der Waals surface area (Å²) in [6.07, 6.45) is 2.68. The fraction of sp³-hybridized carbons (Fsp3) is 0.570. The molecule has 700 valence electrons. The van der Waals surface area contributed by atoms with Crippen LogP contribution in [-0.4, -0.2) is 176 Å². The highest BCUT2D eigenvalue weighted by atomic mass is 16.6. The first kappa shape index (κ1) is 105. The first-order valence-corrected chi connectivity index (χ1v) is 45.7. The van der Waals surface area contributed by atoms with Crippen LogP contribution in [0.1, 0.15) is 281 Å². The predicted molar refractivity (Wildman–Crippen MR) is 509 cm³/mol. The largest absolute Gasteiger partial charge is 0.507 e. The van der Waals surface area contributed by atoms with Crippen LogP contribution in [0.25, 0.3) is 0 Å². The smallest absolute Gasteiger partial charge is 0.306 e. The number of phenolic OH excluding ortho intramolecular Hbond substituents is 4. The van der Waals surface area contributed by atoms with Crippen LogP contribution in [0, 0.1) is 0 Å². The number of phenols is 4. The van der Waals surface area contributed by atoms with Crippen molar-refractivity contribution in [3.63, 3.8) is 0 Å². The Morgan fingerprint density at radius 1 is 0.252 bits per heavy atom. The van der Waals surface area contributed by atoms with Gasteiger partial charge in [-0.15, -0.1) is 0 Å². The highest BCUT2D eigenvalue weighted by Gasteiger charge is 2.33. The van der Waals surface area contributed by atoms with Crippen molar-refractivity contribution < 1.29 is 87.0 Å². The van der Waals surface area contributed by atoms with Crippen LogP contribution < -0.4 is 9.80 Å². The molecule has 7 aromatic carbocycles. The van der Waals surface area contributed by atoms with Gasteiger partial charge in [0, 0.05) is 69.2 Å². The maximum Gasteiger partial charge on any atom is 0.306 e. The summed E-state index contributed by atoms with van der Waals surface area (Å²) < 4.78 is 58.9. The zero-order chi connectivity index (χ0) is 93.9. The van der Waals surface area contributed by atoms with Crippen LogP contribution in [0.4, 0.5) is 11.4 Å². The van der Waals surface area contributed by atoms with Gasteiger partial charge >= 0.3 is 23.9 Å². The second-order valence-electron chi connectivity index (χ2n) is 41.7. The molecule has 127 heavy (non-hydrogen) atoms. The monoisotopic (exact) mass is 1760 g/mol. The number of ether oxygens (including phenoxy) is 10. The second-order valence-corrected chi connectivity index (χ2v) is 41.7. The van der Waals surface area contributed by atoms with Crippen molar-refractivity contribution in [2.24, 2.45) is 0 Å². The number of aromatic hydroxyl groups is 4. The third-order valence-electron chi connectivity index (χ3n) is 22.7. The molecule has 0 unspecified atom stereocenters. The van der Waals surface area contributed by atoms with Gasteiger partial charge in [-0.25, -0.2) is 0 Å². The summed E-state index contributed by atoms with van der Waals surface area (Å²) in [7, 11) is 0. The molecule has 0 aliphatic carbocycles. The molecule has 0 spiro atoms.